The van der Waals surface area contributed by atoms with Gasteiger partial charge in [0, 0.05) is 18.7 Å². The second-order valence-corrected chi connectivity index (χ2v) is 9.21. The highest BCUT2D eigenvalue weighted by Gasteiger charge is 2.49. The van der Waals surface area contributed by atoms with Gasteiger partial charge in [0.15, 0.2) is 11.5 Å². The molecule has 0 aromatic heterocycles. The lowest BCUT2D eigenvalue weighted by atomic mass is 9.94. The predicted molar refractivity (Wildman–Crippen MR) is 131 cm³/mol. The van der Waals surface area contributed by atoms with E-state index in [1.165, 1.54) is 0 Å². The summed E-state index contributed by atoms with van der Waals surface area (Å²) in [6.45, 7) is 1.30. The summed E-state index contributed by atoms with van der Waals surface area (Å²) < 4.78 is 16.6. The van der Waals surface area contributed by atoms with E-state index in [1.807, 2.05) is 18.0 Å². The summed E-state index contributed by atoms with van der Waals surface area (Å²) >= 11 is 0. The van der Waals surface area contributed by atoms with Crippen LogP contribution in [0.25, 0.3) is 5.76 Å². The Morgan fingerprint density at radius 3 is 2.49 bits per heavy atom. The molecule has 2 aromatic carbocycles. The maximum absolute atomic E-state index is 13.4. The van der Waals surface area contributed by atoms with Crippen molar-refractivity contribution in [1.29, 1.82) is 0 Å². The van der Waals surface area contributed by atoms with E-state index in [2.05, 4.69) is 0 Å². The number of hydrogen-bond donors (Lipinski definition) is 1. The van der Waals surface area contributed by atoms with Crippen LogP contribution in [0.2, 0.25) is 0 Å². The second kappa shape index (κ2) is 9.17. The minimum absolute atomic E-state index is 0.0575. The number of anilines is 1. The highest BCUT2D eigenvalue weighted by molar-refractivity contribution is 6.46. The number of ether oxygens (including phenoxy) is 3. The van der Waals surface area contributed by atoms with Crippen LogP contribution in [0.15, 0.2) is 42.0 Å². The fraction of sp³-hybridized carbons (Fsp3) is 0.407. The lowest BCUT2D eigenvalue weighted by Gasteiger charge is -2.31. The first kappa shape index (κ1) is 23.1. The molecule has 2 heterocycles. The number of hydrogen-bond acceptors (Lipinski definition) is 7. The molecule has 2 aromatic rings. The van der Waals surface area contributed by atoms with Crippen molar-refractivity contribution < 1.29 is 28.9 Å². The van der Waals surface area contributed by atoms with Gasteiger partial charge in [-0.2, -0.15) is 0 Å². The fourth-order valence-corrected chi connectivity index (χ4v) is 5.41. The Balaban J connectivity index is 1.67. The SMILES string of the molecule is COc1ccc(C2/C(=C(\O)c3ccc4c(c3)N(C)CCO4)C(=O)C(=O)N2C2CCCC2)cc1OC. The van der Waals surface area contributed by atoms with E-state index in [-0.39, 0.29) is 17.4 Å². The highest BCUT2D eigenvalue weighted by atomic mass is 16.5. The monoisotopic (exact) mass is 478 g/mol. The predicted octanol–water partition coefficient (Wildman–Crippen LogP) is 3.90. The van der Waals surface area contributed by atoms with Crippen LogP contribution in [-0.2, 0) is 9.59 Å². The average Bonchev–Trinajstić information content (AvgIpc) is 3.50. The number of benzene rings is 2. The summed E-state index contributed by atoms with van der Waals surface area (Å²) in [5.74, 6) is 0.332. The number of nitrogens with zero attached hydrogens (tertiary/aromatic N) is 2. The third-order valence-electron chi connectivity index (χ3n) is 7.25. The number of amides is 1. The third kappa shape index (κ3) is 3.87. The van der Waals surface area contributed by atoms with Crippen molar-refractivity contribution in [1.82, 2.24) is 4.90 Å². The van der Waals surface area contributed by atoms with Crippen molar-refractivity contribution in [2.24, 2.45) is 0 Å². The fourth-order valence-electron chi connectivity index (χ4n) is 5.41. The number of carbonyl (C=O) groups excluding carboxylic acids is 2. The van der Waals surface area contributed by atoms with Gasteiger partial charge in [-0.3, -0.25) is 9.59 Å². The molecule has 1 amide bonds. The van der Waals surface area contributed by atoms with Crippen molar-refractivity contribution in [3.63, 3.8) is 0 Å². The lowest BCUT2D eigenvalue weighted by molar-refractivity contribution is -0.141. The van der Waals surface area contributed by atoms with Crippen LogP contribution in [0.3, 0.4) is 0 Å². The van der Waals surface area contributed by atoms with Crippen LogP contribution in [0.1, 0.15) is 42.9 Å². The van der Waals surface area contributed by atoms with Gasteiger partial charge in [0.05, 0.1) is 38.1 Å². The van der Waals surface area contributed by atoms with Gasteiger partial charge >= 0.3 is 0 Å². The zero-order valence-electron chi connectivity index (χ0n) is 20.2. The molecule has 184 valence electrons. The minimum atomic E-state index is -0.720. The number of ketones is 1. The molecular formula is C27H30N2O6. The van der Waals surface area contributed by atoms with Gasteiger partial charge < -0.3 is 29.1 Å². The number of fused-ring (bicyclic) bond motifs is 1. The third-order valence-corrected chi connectivity index (χ3v) is 7.25. The molecule has 1 saturated carbocycles. The van der Waals surface area contributed by atoms with Crippen molar-refractivity contribution in [3.8, 4) is 17.2 Å². The van der Waals surface area contributed by atoms with E-state index < -0.39 is 17.7 Å². The summed E-state index contributed by atoms with van der Waals surface area (Å²) in [4.78, 5) is 30.4. The van der Waals surface area contributed by atoms with E-state index in [0.717, 1.165) is 43.7 Å². The van der Waals surface area contributed by atoms with E-state index in [1.54, 1.807) is 49.5 Å². The van der Waals surface area contributed by atoms with Gasteiger partial charge in [-0.05, 0) is 48.7 Å². The van der Waals surface area contributed by atoms with E-state index in [0.29, 0.717) is 29.2 Å². The number of methoxy groups -OCH3 is 2. The summed E-state index contributed by atoms with van der Waals surface area (Å²) in [5.41, 5.74) is 2.08. The van der Waals surface area contributed by atoms with Crippen molar-refractivity contribution >= 4 is 23.1 Å². The first-order valence-electron chi connectivity index (χ1n) is 11.9. The number of aliphatic hydroxyl groups is 1. The van der Waals surface area contributed by atoms with Gasteiger partial charge in [0.25, 0.3) is 11.7 Å². The smallest absolute Gasteiger partial charge is 0.295 e. The van der Waals surface area contributed by atoms with Crippen molar-refractivity contribution in [2.75, 3.05) is 39.3 Å². The van der Waals surface area contributed by atoms with Gasteiger partial charge in [-0.15, -0.1) is 0 Å². The van der Waals surface area contributed by atoms with Gasteiger partial charge in [0.2, 0.25) is 0 Å². The minimum Gasteiger partial charge on any atom is -0.507 e. The van der Waals surface area contributed by atoms with Crippen LogP contribution >= 0.6 is 0 Å². The topological polar surface area (TPSA) is 88.5 Å². The average molecular weight is 479 g/mol. The molecule has 1 N–H and O–H groups in total. The van der Waals surface area contributed by atoms with Crippen LogP contribution < -0.4 is 19.1 Å². The Bertz CT molecular complexity index is 1200. The van der Waals surface area contributed by atoms with Gasteiger partial charge in [-0.25, -0.2) is 0 Å². The number of aliphatic hydroxyl groups excluding tert-OH is 1. The summed E-state index contributed by atoms with van der Waals surface area (Å²) in [6.07, 6.45) is 3.67. The molecule has 1 unspecified atom stereocenters. The van der Waals surface area contributed by atoms with Crippen LogP contribution in [-0.4, -0.2) is 62.2 Å². The number of likely N-dealkylation sites (N-methyl/N-ethyl adjacent to an activating group) is 1. The molecule has 8 nitrogen and oxygen atoms in total. The molecule has 1 saturated heterocycles. The maximum Gasteiger partial charge on any atom is 0.295 e. The molecule has 5 rings (SSSR count). The highest BCUT2D eigenvalue weighted by Crippen LogP contribution is 2.45. The lowest BCUT2D eigenvalue weighted by Crippen LogP contribution is -2.37. The molecule has 0 radical (unpaired) electrons. The van der Waals surface area contributed by atoms with Gasteiger partial charge in [0.1, 0.15) is 18.1 Å². The first-order valence-corrected chi connectivity index (χ1v) is 11.9. The quantitative estimate of drug-likeness (QED) is 0.396. The number of Topliss-reactive ketones (excluding diaryl/α,β-unsaturated/α-hetero) is 1. The number of carbonyl (C=O) groups is 2. The second-order valence-electron chi connectivity index (χ2n) is 9.21. The van der Waals surface area contributed by atoms with Crippen LogP contribution in [0, 0.1) is 0 Å². The van der Waals surface area contributed by atoms with Crippen LogP contribution in [0.4, 0.5) is 5.69 Å². The molecular weight excluding hydrogens is 448 g/mol. The Hall–Kier alpha value is -3.68. The Morgan fingerprint density at radius 1 is 1.03 bits per heavy atom. The zero-order chi connectivity index (χ0) is 24.7. The summed E-state index contributed by atoms with van der Waals surface area (Å²) in [7, 11) is 5.05. The molecule has 8 heteroatoms. The molecule has 1 atom stereocenters. The molecule has 1 aliphatic carbocycles. The summed E-state index contributed by atoms with van der Waals surface area (Å²) in [5, 5.41) is 11.5. The molecule has 2 fully saturated rings. The van der Waals surface area contributed by atoms with Crippen molar-refractivity contribution in [3.05, 3.63) is 53.1 Å². The molecule has 35 heavy (non-hydrogen) atoms. The molecule has 3 aliphatic rings. The van der Waals surface area contributed by atoms with E-state index in [9.17, 15) is 14.7 Å². The summed E-state index contributed by atoms with van der Waals surface area (Å²) in [6, 6.07) is 9.90. The maximum atomic E-state index is 13.4. The Morgan fingerprint density at radius 2 is 1.77 bits per heavy atom. The Kier molecular flexibility index (Phi) is 6.05. The molecule has 0 bridgehead atoms. The Labute approximate surface area is 204 Å². The van der Waals surface area contributed by atoms with E-state index >= 15 is 0 Å². The largest absolute Gasteiger partial charge is 0.507 e. The molecule has 0 spiro atoms. The standard InChI is InChI=1S/C27H30N2O6/c1-28-12-13-35-20-10-9-17(14-19(20)28)25(30)23-24(16-8-11-21(33-2)22(15-16)34-3)29(27(32)26(23)31)18-6-4-5-7-18/h8-11,14-15,18,24,30H,4-7,12-13H2,1-3H3/b25-23+. The van der Waals surface area contributed by atoms with Crippen molar-refractivity contribution in [2.45, 2.75) is 37.8 Å². The number of likely N-dealkylation sites (tertiary alicyclic amines) is 1. The number of rotatable bonds is 5. The zero-order valence-corrected chi connectivity index (χ0v) is 20.2. The van der Waals surface area contributed by atoms with Gasteiger partial charge in [-0.1, -0.05) is 18.9 Å². The first-order chi connectivity index (χ1) is 16.9. The van der Waals surface area contributed by atoms with Crippen LogP contribution in [0.5, 0.6) is 17.2 Å². The van der Waals surface area contributed by atoms with E-state index in [4.69, 9.17) is 14.2 Å². The molecule has 2 aliphatic heterocycles. The normalized spacial score (nSPS) is 21.7.